The topological polar surface area (TPSA) is 48.1 Å². The number of ether oxygens (including phenoxy) is 1. The summed E-state index contributed by atoms with van der Waals surface area (Å²) in [5, 5.41) is 0.674. The fourth-order valence-electron chi connectivity index (χ4n) is 1.72. The van der Waals surface area contributed by atoms with Gasteiger partial charge in [0.2, 0.25) is 5.88 Å². The molecule has 19 heavy (non-hydrogen) atoms. The first-order chi connectivity index (χ1) is 9.08. The van der Waals surface area contributed by atoms with Crippen LogP contribution in [0.1, 0.15) is 16.7 Å². The van der Waals surface area contributed by atoms with Crippen molar-refractivity contribution in [3.8, 4) is 5.88 Å². The zero-order chi connectivity index (χ0) is 13.8. The van der Waals surface area contributed by atoms with Crippen LogP contribution < -0.4 is 10.5 Å². The molecule has 1 aromatic heterocycles. The highest BCUT2D eigenvalue weighted by Gasteiger charge is 2.11. The number of hydrogen-bond acceptors (Lipinski definition) is 3. The predicted octanol–water partition coefficient (Wildman–Crippen LogP) is 3.26. The van der Waals surface area contributed by atoms with E-state index in [1.807, 2.05) is 37.3 Å². The lowest BCUT2D eigenvalue weighted by atomic mass is 10.1. The highest BCUT2D eigenvalue weighted by molar-refractivity contribution is 7.80. The Balaban J connectivity index is 2.20. The largest absolute Gasteiger partial charge is 0.472 e. The second-order valence-electron chi connectivity index (χ2n) is 4.09. The van der Waals surface area contributed by atoms with E-state index in [0.717, 1.165) is 11.1 Å². The number of thiocarbonyl (C=S) groups is 1. The Bertz CT molecular complexity index is 616. The first-order valence-corrected chi connectivity index (χ1v) is 6.49. The molecule has 0 aliphatic rings. The Morgan fingerprint density at radius 3 is 2.89 bits per heavy atom. The van der Waals surface area contributed by atoms with Crippen LogP contribution in [-0.4, -0.2) is 9.97 Å². The SMILES string of the molecule is Cc1ccnc(OCc2cccc(Cl)c2)c1C(N)=S. The van der Waals surface area contributed by atoms with Crippen LogP contribution in [0.5, 0.6) is 5.88 Å². The number of aromatic nitrogens is 1. The Morgan fingerprint density at radius 1 is 1.42 bits per heavy atom. The highest BCUT2D eigenvalue weighted by atomic mass is 35.5. The maximum Gasteiger partial charge on any atom is 0.224 e. The van der Waals surface area contributed by atoms with Crippen LogP contribution in [-0.2, 0) is 6.61 Å². The van der Waals surface area contributed by atoms with E-state index in [1.165, 1.54) is 0 Å². The molecule has 0 saturated heterocycles. The first kappa shape index (κ1) is 13.8. The molecule has 0 unspecified atom stereocenters. The summed E-state index contributed by atoms with van der Waals surface area (Å²) >= 11 is 10.9. The van der Waals surface area contributed by atoms with Crippen LogP contribution in [0.15, 0.2) is 36.5 Å². The number of nitrogens with two attached hydrogens (primary N) is 1. The van der Waals surface area contributed by atoms with Crippen LogP contribution in [0.2, 0.25) is 5.02 Å². The third kappa shape index (κ3) is 3.43. The minimum atomic E-state index is 0.284. The van der Waals surface area contributed by atoms with E-state index >= 15 is 0 Å². The molecule has 0 bridgehead atoms. The molecule has 0 aliphatic carbocycles. The van der Waals surface area contributed by atoms with Crippen molar-refractivity contribution in [2.75, 3.05) is 0 Å². The molecule has 2 aromatic rings. The average Bonchev–Trinajstić information content (AvgIpc) is 2.36. The van der Waals surface area contributed by atoms with Gasteiger partial charge in [0.05, 0.1) is 5.56 Å². The summed E-state index contributed by atoms with van der Waals surface area (Å²) in [7, 11) is 0. The molecule has 0 aliphatic heterocycles. The molecule has 3 nitrogen and oxygen atoms in total. The van der Waals surface area contributed by atoms with Crippen molar-refractivity contribution in [1.29, 1.82) is 0 Å². The van der Waals surface area contributed by atoms with Gasteiger partial charge in [-0.1, -0.05) is 36.0 Å². The van der Waals surface area contributed by atoms with Crippen LogP contribution in [0, 0.1) is 6.92 Å². The summed E-state index contributed by atoms with van der Waals surface area (Å²) in [5.74, 6) is 0.451. The molecular weight excluding hydrogens is 280 g/mol. The summed E-state index contributed by atoms with van der Waals surface area (Å²) in [6.07, 6.45) is 1.67. The molecule has 1 aromatic carbocycles. The molecular formula is C14H13ClN2OS. The highest BCUT2D eigenvalue weighted by Crippen LogP contribution is 2.20. The van der Waals surface area contributed by atoms with Crippen LogP contribution >= 0.6 is 23.8 Å². The zero-order valence-corrected chi connectivity index (χ0v) is 12.0. The summed E-state index contributed by atoms with van der Waals surface area (Å²) in [5.41, 5.74) is 8.29. The molecule has 98 valence electrons. The van der Waals surface area contributed by atoms with E-state index in [9.17, 15) is 0 Å². The van der Waals surface area contributed by atoms with Gasteiger partial charge in [0.1, 0.15) is 11.6 Å². The maximum atomic E-state index is 5.92. The smallest absolute Gasteiger partial charge is 0.224 e. The number of aryl methyl sites for hydroxylation is 1. The molecule has 2 rings (SSSR count). The van der Waals surface area contributed by atoms with Gasteiger partial charge in [0.15, 0.2) is 0 Å². The van der Waals surface area contributed by atoms with Gasteiger partial charge in [0, 0.05) is 11.2 Å². The summed E-state index contributed by atoms with van der Waals surface area (Å²) in [6, 6.07) is 9.32. The van der Waals surface area contributed by atoms with Gasteiger partial charge in [-0.3, -0.25) is 0 Å². The minimum Gasteiger partial charge on any atom is -0.472 e. The van der Waals surface area contributed by atoms with Crippen molar-refractivity contribution in [2.45, 2.75) is 13.5 Å². The van der Waals surface area contributed by atoms with Gasteiger partial charge in [-0.25, -0.2) is 4.98 Å². The number of benzene rings is 1. The third-order valence-electron chi connectivity index (χ3n) is 2.64. The number of halogens is 1. The van der Waals surface area contributed by atoms with Crippen molar-refractivity contribution >= 4 is 28.8 Å². The van der Waals surface area contributed by atoms with Crippen molar-refractivity contribution in [3.05, 3.63) is 58.2 Å². The van der Waals surface area contributed by atoms with Crippen molar-refractivity contribution in [2.24, 2.45) is 5.73 Å². The fraction of sp³-hybridized carbons (Fsp3) is 0.143. The van der Waals surface area contributed by atoms with Gasteiger partial charge in [-0.15, -0.1) is 0 Å². The van der Waals surface area contributed by atoms with E-state index in [2.05, 4.69) is 4.98 Å². The van der Waals surface area contributed by atoms with Crippen LogP contribution in [0.4, 0.5) is 0 Å². The molecule has 0 saturated carbocycles. The molecule has 2 N–H and O–H groups in total. The fourth-order valence-corrected chi connectivity index (χ4v) is 2.18. The zero-order valence-electron chi connectivity index (χ0n) is 10.4. The van der Waals surface area contributed by atoms with Gasteiger partial charge in [-0.05, 0) is 36.2 Å². The van der Waals surface area contributed by atoms with E-state index in [1.54, 1.807) is 6.20 Å². The minimum absolute atomic E-state index is 0.284. The number of hydrogen-bond donors (Lipinski definition) is 1. The van der Waals surface area contributed by atoms with Gasteiger partial charge >= 0.3 is 0 Å². The van der Waals surface area contributed by atoms with E-state index in [-0.39, 0.29) is 4.99 Å². The van der Waals surface area contributed by atoms with Gasteiger partial charge < -0.3 is 10.5 Å². The van der Waals surface area contributed by atoms with Crippen molar-refractivity contribution < 1.29 is 4.74 Å². The maximum absolute atomic E-state index is 5.92. The summed E-state index contributed by atoms with van der Waals surface area (Å²) in [6.45, 7) is 2.29. The molecule has 0 radical (unpaired) electrons. The van der Waals surface area contributed by atoms with E-state index in [0.29, 0.717) is 23.1 Å². The first-order valence-electron chi connectivity index (χ1n) is 5.70. The molecule has 5 heteroatoms. The molecule has 0 spiro atoms. The van der Waals surface area contributed by atoms with Crippen LogP contribution in [0.25, 0.3) is 0 Å². The van der Waals surface area contributed by atoms with E-state index in [4.69, 9.17) is 34.3 Å². The van der Waals surface area contributed by atoms with Crippen molar-refractivity contribution in [3.63, 3.8) is 0 Å². The summed E-state index contributed by atoms with van der Waals surface area (Å²) in [4.78, 5) is 4.46. The Kier molecular flexibility index (Phi) is 4.35. The van der Waals surface area contributed by atoms with Gasteiger partial charge in [-0.2, -0.15) is 0 Å². The standard InChI is InChI=1S/C14H13ClN2OS/c1-9-5-6-17-14(12(9)13(16)19)18-8-10-3-2-4-11(15)7-10/h2-7H,8H2,1H3,(H2,16,19). The number of nitrogens with zero attached hydrogens (tertiary/aromatic N) is 1. The second-order valence-corrected chi connectivity index (χ2v) is 4.97. The Labute approximate surface area is 122 Å². The van der Waals surface area contributed by atoms with E-state index < -0.39 is 0 Å². The lowest BCUT2D eigenvalue weighted by molar-refractivity contribution is 0.293. The average molecular weight is 293 g/mol. The molecule has 0 atom stereocenters. The number of pyridine rings is 1. The number of rotatable bonds is 4. The lowest BCUT2D eigenvalue weighted by Gasteiger charge is -2.11. The van der Waals surface area contributed by atoms with Gasteiger partial charge in [0.25, 0.3) is 0 Å². The van der Waals surface area contributed by atoms with Crippen molar-refractivity contribution in [1.82, 2.24) is 4.98 Å². The van der Waals surface area contributed by atoms with Crippen LogP contribution in [0.3, 0.4) is 0 Å². The quantitative estimate of drug-likeness (QED) is 0.879. The molecule has 0 amide bonds. The molecule has 0 fully saturated rings. The third-order valence-corrected chi connectivity index (χ3v) is 3.07. The Morgan fingerprint density at radius 2 is 2.21 bits per heavy atom. The molecule has 1 heterocycles. The Hall–Kier alpha value is -1.65. The summed E-state index contributed by atoms with van der Waals surface area (Å²) < 4.78 is 5.68. The second kappa shape index (κ2) is 5.99. The predicted molar refractivity (Wildman–Crippen MR) is 80.6 cm³/mol. The normalized spacial score (nSPS) is 10.2. The lowest BCUT2D eigenvalue weighted by Crippen LogP contribution is -2.14. The monoisotopic (exact) mass is 292 g/mol.